The number of nitrogens with zero attached hydrogens (tertiary/aromatic N) is 2. The molecule has 2 aromatic rings. The summed E-state index contributed by atoms with van der Waals surface area (Å²) in [6.45, 7) is 3.73. The van der Waals surface area contributed by atoms with E-state index < -0.39 is 10.0 Å². The van der Waals surface area contributed by atoms with Crippen LogP contribution in [0.2, 0.25) is 5.02 Å². The second-order valence-electron chi connectivity index (χ2n) is 6.99. The maximum atomic E-state index is 13.1. The molecule has 0 bridgehead atoms. The normalized spacial score (nSPS) is 18.0. The monoisotopic (exact) mass is 420 g/mol. The highest BCUT2D eigenvalue weighted by Gasteiger charge is 2.34. The smallest absolute Gasteiger partial charge is 0.243 e. The van der Waals surface area contributed by atoms with Crippen molar-refractivity contribution in [3.8, 4) is 0 Å². The van der Waals surface area contributed by atoms with Gasteiger partial charge in [-0.2, -0.15) is 4.31 Å². The van der Waals surface area contributed by atoms with Crippen molar-refractivity contribution >= 4 is 27.5 Å². The number of piperidine rings is 1. The molecule has 150 valence electrons. The van der Waals surface area contributed by atoms with Gasteiger partial charge in [0.1, 0.15) is 0 Å². The van der Waals surface area contributed by atoms with E-state index in [1.165, 1.54) is 16.4 Å². The average molecular weight is 421 g/mol. The summed E-state index contributed by atoms with van der Waals surface area (Å²) in [6.07, 6.45) is 1.38. The van der Waals surface area contributed by atoms with Gasteiger partial charge in [-0.3, -0.25) is 4.79 Å². The third kappa shape index (κ3) is 4.74. The second kappa shape index (κ2) is 9.07. The van der Waals surface area contributed by atoms with Gasteiger partial charge in [-0.1, -0.05) is 41.9 Å². The minimum Gasteiger partial charge on any atom is -0.338 e. The van der Waals surface area contributed by atoms with Crippen LogP contribution in [-0.4, -0.2) is 43.2 Å². The number of carbonyl (C=O) groups excluding carboxylic acids is 1. The molecule has 0 aromatic heterocycles. The maximum Gasteiger partial charge on any atom is 0.243 e. The van der Waals surface area contributed by atoms with Crippen molar-refractivity contribution in [2.75, 3.05) is 19.6 Å². The third-order valence-electron chi connectivity index (χ3n) is 5.09. The number of sulfonamides is 1. The first-order chi connectivity index (χ1) is 13.4. The lowest BCUT2D eigenvalue weighted by atomic mass is 9.98. The van der Waals surface area contributed by atoms with E-state index in [4.69, 9.17) is 11.6 Å². The van der Waals surface area contributed by atoms with E-state index >= 15 is 0 Å². The number of rotatable bonds is 6. The van der Waals surface area contributed by atoms with Crippen molar-refractivity contribution < 1.29 is 13.2 Å². The first kappa shape index (κ1) is 20.8. The lowest BCUT2D eigenvalue weighted by molar-refractivity contribution is -0.137. The fourth-order valence-corrected chi connectivity index (χ4v) is 5.18. The number of hydrogen-bond donors (Lipinski definition) is 0. The molecule has 0 N–H and O–H groups in total. The van der Waals surface area contributed by atoms with E-state index in [0.717, 1.165) is 5.56 Å². The van der Waals surface area contributed by atoms with Crippen LogP contribution in [0.4, 0.5) is 0 Å². The summed E-state index contributed by atoms with van der Waals surface area (Å²) in [5, 5.41) is 0.491. The van der Waals surface area contributed by atoms with Gasteiger partial charge >= 0.3 is 0 Å². The molecule has 1 unspecified atom stereocenters. The summed E-state index contributed by atoms with van der Waals surface area (Å²) in [6, 6.07) is 16.0. The summed E-state index contributed by atoms with van der Waals surface area (Å²) in [5.74, 6) is -0.304. The van der Waals surface area contributed by atoms with Crippen LogP contribution < -0.4 is 0 Å². The van der Waals surface area contributed by atoms with Gasteiger partial charge in [0.2, 0.25) is 15.9 Å². The van der Waals surface area contributed by atoms with Crippen LogP contribution in [0.25, 0.3) is 0 Å². The second-order valence-corrected chi connectivity index (χ2v) is 9.37. The van der Waals surface area contributed by atoms with E-state index in [1.807, 2.05) is 37.3 Å². The van der Waals surface area contributed by atoms with Crippen LogP contribution in [0.5, 0.6) is 0 Å². The van der Waals surface area contributed by atoms with Gasteiger partial charge < -0.3 is 4.90 Å². The molecule has 0 spiro atoms. The Morgan fingerprint density at radius 3 is 2.46 bits per heavy atom. The molecule has 1 amide bonds. The fraction of sp³-hybridized carbons (Fsp3) is 0.381. The van der Waals surface area contributed by atoms with Crippen LogP contribution in [0.3, 0.4) is 0 Å². The molecule has 28 heavy (non-hydrogen) atoms. The molecule has 1 heterocycles. The molecule has 5 nitrogen and oxygen atoms in total. The summed E-state index contributed by atoms with van der Waals surface area (Å²) in [5.41, 5.74) is 1.07. The van der Waals surface area contributed by atoms with Gasteiger partial charge in [0.25, 0.3) is 0 Å². The highest BCUT2D eigenvalue weighted by molar-refractivity contribution is 7.89. The number of hydrogen-bond acceptors (Lipinski definition) is 3. The van der Waals surface area contributed by atoms with E-state index in [9.17, 15) is 13.2 Å². The molecule has 7 heteroatoms. The minimum atomic E-state index is -3.63. The Balaban J connectivity index is 1.72. The van der Waals surface area contributed by atoms with Gasteiger partial charge in [0, 0.05) is 31.2 Å². The number of benzene rings is 2. The first-order valence-corrected chi connectivity index (χ1v) is 11.3. The number of carbonyl (C=O) groups is 1. The highest BCUT2D eigenvalue weighted by Crippen LogP contribution is 2.26. The third-order valence-corrected chi connectivity index (χ3v) is 7.23. The maximum absolute atomic E-state index is 13.1. The zero-order valence-electron chi connectivity index (χ0n) is 15.9. The van der Waals surface area contributed by atoms with Crippen LogP contribution >= 0.6 is 11.6 Å². The van der Waals surface area contributed by atoms with E-state index in [0.29, 0.717) is 37.5 Å². The first-order valence-electron chi connectivity index (χ1n) is 9.50. The van der Waals surface area contributed by atoms with Crippen LogP contribution in [0, 0.1) is 5.92 Å². The SMILES string of the molecule is CCN(Cc1ccccc1)C(=O)C1CCCN(S(=O)(=O)c2ccc(Cl)cc2)C1. The van der Waals surface area contributed by atoms with Gasteiger partial charge in [-0.25, -0.2) is 8.42 Å². The Kier molecular flexibility index (Phi) is 6.75. The Morgan fingerprint density at radius 2 is 1.82 bits per heavy atom. The summed E-state index contributed by atoms with van der Waals surface area (Å²) in [7, 11) is -3.63. The Morgan fingerprint density at radius 1 is 1.14 bits per heavy atom. The Bertz CT molecular complexity index is 901. The fourth-order valence-electron chi connectivity index (χ4n) is 3.53. The molecule has 0 radical (unpaired) electrons. The summed E-state index contributed by atoms with van der Waals surface area (Å²) < 4.78 is 27.3. The molecule has 1 saturated heterocycles. The molecule has 1 fully saturated rings. The van der Waals surface area contributed by atoms with Gasteiger partial charge in [0.05, 0.1) is 10.8 Å². The van der Waals surface area contributed by atoms with Crippen LogP contribution in [0.15, 0.2) is 59.5 Å². The predicted molar refractivity (Wildman–Crippen MR) is 110 cm³/mol. The standard InChI is InChI=1S/C21H25ClN2O3S/c1-2-23(15-17-7-4-3-5-8-17)21(25)18-9-6-14-24(16-18)28(26,27)20-12-10-19(22)11-13-20/h3-5,7-8,10-13,18H,2,6,9,14-16H2,1H3. The number of halogens is 1. The van der Waals surface area contributed by atoms with Crippen LogP contribution in [0.1, 0.15) is 25.3 Å². The largest absolute Gasteiger partial charge is 0.338 e. The summed E-state index contributed by atoms with van der Waals surface area (Å²) >= 11 is 5.87. The molecule has 1 aliphatic heterocycles. The van der Waals surface area contributed by atoms with Crippen molar-refractivity contribution in [2.45, 2.75) is 31.2 Å². The quantitative estimate of drug-likeness (QED) is 0.714. The lowest BCUT2D eigenvalue weighted by Crippen LogP contribution is -2.46. The molecular weight excluding hydrogens is 396 g/mol. The van der Waals surface area contributed by atoms with E-state index in [-0.39, 0.29) is 23.3 Å². The van der Waals surface area contributed by atoms with Crippen molar-refractivity contribution in [1.29, 1.82) is 0 Å². The molecule has 3 rings (SSSR count). The Labute approximate surface area is 172 Å². The van der Waals surface area contributed by atoms with Crippen LogP contribution in [-0.2, 0) is 21.4 Å². The topological polar surface area (TPSA) is 57.7 Å². The van der Waals surface area contributed by atoms with Crippen molar-refractivity contribution in [1.82, 2.24) is 9.21 Å². The molecule has 2 aromatic carbocycles. The Hall–Kier alpha value is -1.89. The molecule has 0 aliphatic carbocycles. The van der Waals surface area contributed by atoms with Crippen molar-refractivity contribution in [3.63, 3.8) is 0 Å². The minimum absolute atomic E-state index is 0.0161. The summed E-state index contributed by atoms with van der Waals surface area (Å²) in [4.78, 5) is 15.1. The van der Waals surface area contributed by atoms with Gasteiger partial charge in [-0.15, -0.1) is 0 Å². The molecule has 0 saturated carbocycles. The van der Waals surface area contributed by atoms with E-state index in [2.05, 4.69) is 0 Å². The van der Waals surface area contributed by atoms with Crippen molar-refractivity contribution in [2.24, 2.45) is 5.92 Å². The predicted octanol–water partition coefficient (Wildman–Crippen LogP) is 3.79. The van der Waals surface area contributed by atoms with Gasteiger partial charge in [0.15, 0.2) is 0 Å². The lowest BCUT2D eigenvalue weighted by Gasteiger charge is -2.34. The van der Waals surface area contributed by atoms with Crippen molar-refractivity contribution in [3.05, 3.63) is 65.2 Å². The molecule has 1 atom stereocenters. The average Bonchev–Trinajstić information content (AvgIpc) is 2.72. The zero-order valence-corrected chi connectivity index (χ0v) is 17.5. The molecular formula is C21H25ClN2O3S. The van der Waals surface area contributed by atoms with E-state index in [1.54, 1.807) is 17.0 Å². The molecule has 1 aliphatic rings. The van der Waals surface area contributed by atoms with Gasteiger partial charge in [-0.05, 0) is 49.6 Å². The zero-order chi connectivity index (χ0) is 20.1. The highest BCUT2D eigenvalue weighted by atomic mass is 35.5. The number of amides is 1.